The first kappa shape index (κ1) is 22.1. The van der Waals surface area contributed by atoms with Crippen molar-refractivity contribution in [3.8, 4) is 17.2 Å². The predicted molar refractivity (Wildman–Crippen MR) is 114 cm³/mol. The van der Waals surface area contributed by atoms with Gasteiger partial charge in [-0.3, -0.25) is 4.57 Å². The number of benzene rings is 2. The molecular formula is C23H24FN3O4. The molecule has 2 aromatic carbocycles. The van der Waals surface area contributed by atoms with Gasteiger partial charge in [-0.15, -0.1) is 0 Å². The number of hydrogen-bond acceptors (Lipinski definition) is 5. The van der Waals surface area contributed by atoms with Crippen molar-refractivity contribution in [3.05, 3.63) is 58.3 Å². The second-order valence-electron chi connectivity index (χ2n) is 8.66. The molecule has 1 amide bonds. The number of hydrogen-bond donors (Lipinski definition) is 1. The molecule has 1 heterocycles. The van der Waals surface area contributed by atoms with Crippen LogP contribution < -0.4 is 11.1 Å². The molecule has 31 heavy (non-hydrogen) atoms. The molecule has 0 bridgehead atoms. The lowest BCUT2D eigenvalue weighted by Crippen LogP contribution is -2.48. The molecule has 7 nitrogen and oxygen atoms in total. The Morgan fingerprint density at radius 3 is 2.45 bits per heavy atom. The summed E-state index contributed by atoms with van der Waals surface area (Å²) in [4.78, 5) is 23.7. The quantitative estimate of drug-likeness (QED) is 0.673. The zero-order chi connectivity index (χ0) is 23.0. The van der Waals surface area contributed by atoms with Crippen LogP contribution in [0.25, 0.3) is 22.2 Å². The second kappa shape index (κ2) is 7.91. The minimum Gasteiger partial charge on any atom is -0.444 e. The summed E-state index contributed by atoms with van der Waals surface area (Å²) in [7, 11) is 1.60. The molecule has 1 N–H and O–H groups in total. The number of carbonyl (C=O) groups is 1. The Bertz CT molecular complexity index is 1250. The zero-order valence-electron chi connectivity index (χ0n) is 18.1. The van der Waals surface area contributed by atoms with E-state index in [0.29, 0.717) is 22.2 Å². The third kappa shape index (κ3) is 4.94. The molecule has 1 aromatic heterocycles. The molecule has 162 valence electrons. The highest BCUT2D eigenvalue weighted by molar-refractivity contribution is 5.80. The van der Waals surface area contributed by atoms with Gasteiger partial charge in [-0.1, -0.05) is 18.2 Å². The fourth-order valence-electron chi connectivity index (χ4n) is 3.20. The van der Waals surface area contributed by atoms with E-state index in [1.807, 2.05) is 6.07 Å². The summed E-state index contributed by atoms with van der Waals surface area (Å²) in [6.45, 7) is 6.66. The average Bonchev–Trinajstić information content (AvgIpc) is 2.95. The monoisotopic (exact) mass is 425 g/mol. The SMILES string of the molecule is Cn1c(=O)oc2ccc(-c3ccc(C[C@](C)(C#N)NC(=O)OC(C)(C)C)c(F)c3)cc21. The van der Waals surface area contributed by atoms with Gasteiger partial charge >= 0.3 is 11.8 Å². The van der Waals surface area contributed by atoms with E-state index in [9.17, 15) is 19.2 Å². The Balaban J connectivity index is 1.85. The van der Waals surface area contributed by atoms with Crippen LogP contribution in [0.4, 0.5) is 9.18 Å². The lowest BCUT2D eigenvalue weighted by atomic mass is 9.92. The fourth-order valence-corrected chi connectivity index (χ4v) is 3.20. The maximum atomic E-state index is 14.9. The van der Waals surface area contributed by atoms with Crippen LogP contribution in [0.1, 0.15) is 33.3 Å². The van der Waals surface area contributed by atoms with Crippen LogP contribution in [-0.4, -0.2) is 21.8 Å². The Labute approximate surface area is 179 Å². The van der Waals surface area contributed by atoms with Gasteiger partial charge in [-0.2, -0.15) is 5.26 Å². The Morgan fingerprint density at radius 2 is 1.84 bits per heavy atom. The number of nitriles is 1. The van der Waals surface area contributed by atoms with Crippen LogP contribution in [0, 0.1) is 17.1 Å². The molecule has 0 radical (unpaired) electrons. The van der Waals surface area contributed by atoms with Gasteiger partial charge in [0.05, 0.1) is 11.6 Å². The molecule has 0 unspecified atom stereocenters. The first-order valence-corrected chi connectivity index (χ1v) is 9.71. The average molecular weight is 425 g/mol. The summed E-state index contributed by atoms with van der Waals surface area (Å²) in [6, 6.07) is 11.8. The highest BCUT2D eigenvalue weighted by Crippen LogP contribution is 2.27. The van der Waals surface area contributed by atoms with Gasteiger partial charge in [-0.25, -0.2) is 14.0 Å². The molecule has 0 aliphatic heterocycles. The molecule has 0 fully saturated rings. The van der Waals surface area contributed by atoms with Gasteiger partial charge < -0.3 is 14.5 Å². The van der Waals surface area contributed by atoms with Crippen LogP contribution in [0.2, 0.25) is 0 Å². The van der Waals surface area contributed by atoms with E-state index < -0.39 is 28.8 Å². The lowest BCUT2D eigenvalue weighted by Gasteiger charge is -2.26. The summed E-state index contributed by atoms with van der Waals surface area (Å²) in [5.74, 6) is -0.979. The smallest absolute Gasteiger partial charge is 0.419 e. The van der Waals surface area contributed by atoms with Crippen molar-refractivity contribution in [1.29, 1.82) is 5.26 Å². The Hall–Kier alpha value is -3.60. The second-order valence-corrected chi connectivity index (χ2v) is 8.66. The van der Waals surface area contributed by atoms with Gasteiger partial charge in [0.1, 0.15) is 17.0 Å². The molecule has 0 aliphatic carbocycles. The number of aryl methyl sites for hydroxylation is 1. The molecular weight excluding hydrogens is 401 g/mol. The van der Waals surface area contributed by atoms with Crippen molar-refractivity contribution in [3.63, 3.8) is 0 Å². The first-order chi connectivity index (χ1) is 14.4. The van der Waals surface area contributed by atoms with Crippen molar-refractivity contribution in [2.75, 3.05) is 0 Å². The van der Waals surface area contributed by atoms with Crippen LogP contribution in [0.15, 0.2) is 45.6 Å². The van der Waals surface area contributed by atoms with Crippen LogP contribution in [-0.2, 0) is 18.2 Å². The lowest BCUT2D eigenvalue weighted by molar-refractivity contribution is 0.0486. The number of rotatable bonds is 4. The summed E-state index contributed by atoms with van der Waals surface area (Å²) in [5, 5.41) is 12.1. The summed E-state index contributed by atoms with van der Waals surface area (Å²) in [6.07, 6.45) is -0.781. The summed E-state index contributed by atoms with van der Waals surface area (Å²) in [5.41, 5.74) is 0.587. The van der Waals surface area contributed by atoms with Gasteiger partial charge in [0.15, 0.2) is 5.58 Å². The minimum absolute atomic E-state index is 0.0376. The molecule has 3 aromatic rings. The summed E-state index contributed by atoms with van der Waals surface area (Å²) >= 11 is 0. The fraction of sp³-hybridized carbons (Fsp3) is 0.348. The van der Waals surface area contributed by atoms with Crippen molar-refractivity contribution >= 4 is 17.2 Å². The summed E-state index contributed by atoms with van der Waals surface area (Å²) < 4.78 is 26.6. The number of ether oxygens (including phenoxy) is 1. The number of carbonyl (C=O) groups excluding carboxylic acids is 1. The standard InChI is InChI=1S/C23H24FN3O4/c1-22(2,3)31-20(28)26-23(4,13-25)12-16-7-6-14(10-17(16)24)15-8-9-19-18(11-15)27(5)21(29)30-19/h6-11H,12H2,1-5H3,(H,26,28)/t23-/m1/s1. The number of aromatic nitrogens is 1. The predicted octanol–water partition coefficient (Wildman–Crippen LogP) is 4.29. The van der Waals surface area contributed by atoms with Crippen molar-refractivity contribution in [2.24, 2.45) is 7.05 Å². The Morgan fingerprint density at radius 1 is 1.19 bits per heavy atom. The van der Waals surface area contributed by atoms with E-state index in [1.54, 1.807) is 58.2 Å². The van der Waals surface area contributed by atoms with E-state index >= 15 is 0 Å². The van der Waals surface area contributed by atoms with Crippen molar-refractivity contribution in [2.45, 2.75) is 45.3 Å². The highest BCUT2D eigenvalue weighted by atomic mass is 19.1. The maximum Gasteiger partial charge on any atom is 0.419 e. The van der Waals surface area contributed by atoms with Crippen molar-refractivity contribution < 1.29 is 18.3 Å². The first-order valence-electron chi connectivity index (χ1n) is 9.71. The van der Waals surface area contributed by atoms with Gasteiger partial charge in [0.2, 0.25) is 0 Å². The number of nitrogens with zero attached hydrogens (tertiary/aromatic N) is 2. The van der Waals surface area contributed by atoms with E-state index in [0.717, 1.165) is 0 Å². The third-order valence-corrected chi connectivity index (χ3v) is 4.75. The maximum absolute atomic E-state index is 14.9. The van der Waals surface area contributed by atoms with E-state index in [-0.39, 0.29) is 12.0 Å². The van der Waals surface area contributed by atoms with E-state index in [2.05, 4.69) is 5.32 Å². The minimum atomic E-state index is -1.35. The van der Waals surface area contributed by atoms with E-state index in [4.69, 9.17) is 9.15 Å². The highest BCUT2D eigenvalue weighted by Gasteiger charge is 2.30. The van der Waals surface area contributed by atoms with Gasteiger partial charge in [0, 0.05) is 13.5 Å². The molecule has 8 heteroatoms. The number of nitrogens with one attached hydrogen (secondary N) is 1. The third-order valence-electron chi connectivity index (χ3n) is 4.75. The number of oxazole rings is 1. The number of fused-ring (bicyclic) bond motifs is 1. The molecule has 0 aliphatic rings. The molecule has 0 spiro atoms. The van der Waals surface area contributed by atoms with E-state index in [1.165, 1.54) is 17.6 Å². The van der Waals surface area contributed by atoms with Crippen LogP contribution in [0.5, 0.6) is 0 Å². The van der Waals surface area contributed by atoms with Crippen LogP contribution >= 0.6 is 0 Å². The van der Waals surface area contributed by atoms with Gasteiger partial charge in [-0.05, 0) is 62.6 Å². The normalized spacial score (nSPS) is 13.5. The zero-order valence-corrected chi connectivity index (χ0v) is 18.1. The number of halogens is 1. The Kier molecular flexibility index (Phi) is 5.64. The van der Waals surface area contributed by atoms with Gasteiger partial charge in [0.25, 0.3) is 0 Å². The molecule has 1 atom stereocenters. The van der Waals surface area contributed by atoms with Crippen molar-refractivity contribution in [1.82, 2.24) is 9.88 Å². The largest absolute Gasteiger partial charge is 0.444 e. The molecule has 0 saturated heterocycles. The topological polar surface area (TPSA) is 97.3 Å². The number of amides is 1. The number of alkyl carbamates (subject to hydrolysis) is 1. The molecule has 3 rings (SSSR count). The van der Waals surface area contributed by atoms with Crippen LogP contribution in [0.3, 0.4) is 0 Å². The molecule has 0 saturated carbocycles.